The van der Waals surface area contributed by atoms with Crippen LogP contribution in [0.4, 0.5) is 5.82 Å². The summed E-state index contributed by atoms with van der Waals surface area (Å²) in [4.78, 5) is 17.6. The van der Waals surface area contributed by atoms with Gasteiger partial charge in [0, 0.05) is 32.4 Å². The Hall–Kier alpha value is -1.62. The Bertz CT molecular complexity index is 421. The molecule has 1 aliphatic heterocycles. The second-order valence-corrected chi connectivity index (χ2v) is 5.24. The lowest BCUT2D eigenvalue weighted by atomic mass is 10.0. The van der Waals surface area contributed by atoms with Gasteiger partial charge in [0.2, 0.25) is 0 Å². The lowest BCUT2D eigenvalue weighted by molar-refractivity contribution is 0.0827. The number of anilines is 1. The molecule has 0 aliphatic carbocycles. The molecule has 1 unspecified atom stereocenters. The van der Waals surface area contributed by atoms with Crippen LogP contribution < -0.4 is 10.6 Å². The van der Waals surface area contributed by atoms with Crippen molar-refractivity contribution in [3.05, 3.63) is 23.9 Å². The molecular weight excluding hydrogens is 228 g/mol. The van der Waals surface area contributed by atoms with Crippen LogP contribution in [0.5, 0.6) is 0 Å². The predicted molar refractivity (Wildman–Crippen MR) is 71.8 cm³/mol. The maximum Gasteiger partial charge on any atom is 0.254 e. The Morgan fingerprint density at radius 3 is 2.78 bits per heavy atom. The summed E-state index contributed by atoms with van der Waals surface area (Å²) in [5, 5.41) is 6.74. The smallest absolute Gasteiger partial charge is 0.254 e. The third-order valence-corrected chi connectivity index (χ3v) is 3.22. The van der Waals surface area contributed by atoms with Crippen molar-refractivity contribution in [2.24, 2.45) is 0 Å². The molecule has 1 saturated heterocycles. The molecule has 2 rings (SSSR count). The highest BCUT2D eigenvalue weighted by Crippen LogP contribution is 2.19. The lowest BCUT2D eigenvalue weighted by Gasteiger charge is -2.25. The summed E-state index contributed by atoms with van der Waals surface area (Å²) in [7, 11) is 3.47. The van der Waals surface area contributed by atoms with Gasteiger partial charge in [0.15, 0.2) is 0 Å². The highest BCUT2D eigenvalue weighted by Gasteiger charge is 2.28. The van der Waals surface area contributed by atoms with Gasteiger partial charge in [-0.05, 0) is 32.0 Å². The zero-order chi connectivity index (χ0) is 13.2. The summed E-state index contributed by atoms with van der Waals surface area (Å²) in [6, 6.07) is 3.67. The summed E-state index contributed by atoms with van der Waals surface area (Å²) < 4.78 is 0. The van der Waals surface area contributed by atoms with E-state index in [2.05, 4.69) is 22.5 Å². The number of rotatable bonds is 3. The first-order valence-electron chi connectivity index (χ1n) is 6.17. The van der Waals surface area contributed by atoms with Gasteiger partial charge < -0.3 is 15.5 Å². The maximum absolute atomic E-state index is 11.7. The molecule has 1 aromatic rings. The Labute approximate surface area is 108 Å². The summed E-state index contributed by atoms with van der Waals surface area (Å²) in [5.74, 6) is 0.791. The van der Waals surface area contributed by atoms with Crippen LogP contribution in [-0.2, 0) is 0 Å². The third-order valence-electron chi connectivity index (χ3n) is 3.22. The Morgan fingerprint density at radius 1 is 1.50 bits per heavy atom. The van der Waals surface area contributed by atoms with Crippen molar-refractivity contribution < 1.29 is 4.79 Å². The Morgan fingerprint density at radius 2 is 2.28 bits per heavy atom. The zero-order valence-corrected chi connectivity index (χ0v) is 11.2. The van der Waals surface area contributed by atoms with Gasteiger partial charge in [-0.25, -0.2) is 4.98 Å². The molecule has 2 heterocycles. The van der Waals surface area contributed by atoms with Gasteiger partial charge in [-0.1, -0.05) is 0 Å². The van der Waals surface area contributed by atoms with Crippen LogP contribution in [0.1, 0.15) is 23.7 Å². The molecule has 98 valence electrons. The van der Waals surface area contributed by atoms with E-state index in [9.17, 15) is 4.79 Å². The van der Waals surface area contributed by atoms with Crippen molar-refractivity contribution in [1.29, 1.82) is 0 Å². The van der Waals surface area contributed by atoms with Gasteiger partial charge in [0.05, 0.1) is 5.56 Å². The largest absolute Gasteiger partial charge is 0.364 e. The van der Waals surface area contributed by atoms with Crippen molar-refractivity contribution >= 4 is 11.7 Å². The molecule has 5 heteroatoms. The number of hydrogen-bond acceptors (Lipinski definition) is 4. The predicted octanol–water partition coefficient (Wildman–Crippen LogP) is 0.947. The highest BCUT2D eigenvalue weighted by molar-refractivity contribution is 5.93. The standard InChI is InChI=1S/C13H20N4O/c1-13(6-7-14-9-13)16-11-5-4-10(8-15-11)12(18)17(2)3/h4-5,8,14H,6-7,9H2,1-3H3,(H,15,16). The molecular formula is C13H20N4O. The molecule has 18 heavy (non-hydrogen) atoms. The van der Waals surface area contributed by atoms with Crippen LogP contribution in [0.25, 0.3) is 0 Å². The van der Waals surface area contributed by atoms with Crippen LogP contribution in [-0.4, -0.2) is 48.5 Å². The number of carbonyl (C=O) groups is 1. The van der Waals surface area contributed by atoms with E-state index in [1.165, 1.54) is 0 Å². The number of amides is 1. The second-order valence-electron chi connectivity index (χ2n) is 5.24. The lowest BCUT2D eigenvalue weighted by Crippen LogP contribution is -2.37. The number of hydrogen-bond donors (Lipinski definition) is 2. The average molecular weight is 248 g/mol. The second kappa shape index (κ2) is 4.94. The van der Waals surface area contributed by atoms with E-state index < -0.39 is 0 Å². The van der Waals surface area contributed by atoms with Gasteiger partial charge in [0.1, 0.15) is 5.82 Å². The van der Waals surface area contributed by atoms with Gasteiger partial charge >= 0.3 is 0 Å². The van der Waals surface area contributed by atoms with Crippen LogP contribution in [0, 0.1) is 0 Å². The zero-order valence-electron chi connectivity index (χ0n) is 11.2. The number of nitrogens with one attached hydrogen (secondary N) is 2. The normalized spacial score (nSPS) is 22.8. The molecule has 5 nitrogen and oxygen atoms in total. The fourth-order valence-corrected chi connectivity index (χ4v) is 2.09. The van der Waals surface area contributed by atoms with E-state index >= 15 is 0 Å². The Balaban J connectivity index is 2.06. The quantitative estimate of drug-likeness (QED) is 0.836. The minimum Gasteiger partial charge on any atom is -0.364 e. The molecule has 0 aromatic carbocycles. The number of aromatic nitrogens is 1. The van der Waals surface area contributed by atoms with E-state index in [-0.39, 0.29) is 11.4 Å². The molecule has 1 aromatic heterocycles. The van der Waals surface area contributed by atoms with Crippen molar-refractivity contribution in [3.63, 3.8) is 0 Å². The molecule has 0 saturated carbocycles. The van der Waals surface area contributed by atoms with E-state index in [1.807, 2.05) is 12.1 Å². The van der Waals surface area contributed by atoms with E-state index in [0.29, 0.717) is 5.56 Å². The summed E-state index contributed by atoms with van der Waals surface area (Å²) in [6.07, 6.45) is 2.70. The summed E-state index contributed by atoms with van der Waals surface area (Å²) in [5.41, 5.74) is 0.667. The highest BCUT2D eigenvalue weighted by atomic mass is 16.2. The fourth-order valence-electron chi connectivity index (χ4n) is 2.09. The van der Waals surface area contributed by atoms with Gasteiger partial charge in [-0.2, -0.15) is 0 Å². The maximum atomic E-state index is 11.7. The fraction of sp³-hybridized carbons (Fsp3) is 0.538. The topological polar surface area (TPSA) is 57.3 Å². The minimum absolute atomic E-state index is 0.0252. The van der Waals surface area contributed by atoms with Crippen LogP contribution >= 0.6 is 0 Å². The molecule has 0 radical (unpaired) electrons. The Kier molecular flexibility index (Phi) is 3.52. The first kappa shape index (κ1) is 12.8. The van der Waals surface area contributed by atoms with Gasteiger partial charge in [-0.3, -0.25) is 4.79 Å². The number of nitrogens with zero attached hydrogens (tertiary/aromatic N) is 2. The van der Waals surface area contributed by atoms with Crippen molar-refractivity contribution in [2.75, 3.05) is 32.5 Å². The molecule has 2 N–H and O–H groups in total. The minimum atomic E-state index is -0.0252. The van der Waals surface area contributed by atoms with Gasteiger partial charge in [-0.15, -0.1) is 0 Å². The summed E-state index contributed by atoms with van der Waals surface area (Å²) >= 11 is 0. The third kappa shape index (κ3) is 2.79. The van der Waals surface area contributed by atoms with Crippen LogP contribution in [0.15, 0.2) is 18.3 Å². The SMILES string of the molecule is CN(C)C(=O)c1ccc(NC2(C)CCNC2)nc1. The van der Waals surface area contributed by atoms with E-state index in [0.717, 1.165) is 25.3 Å². The average Bonchev–Trinajstić information content (AvgIpc) is 2.76. The molecule has 1 fully saturated rings. The molecule has 1 atom stereocenters. The molecule has 0 spiro atoms. The first-order valence-corrected chi connectivity index (χ1v) is 6.17. The molecule has 1 amide bonds. The van der Waals surface area contributed by atoms with E-state index in [1.54, 1.807) is 25.2 Å². The van der Waals surface area contributed by atoms with Crippen molar-refractivity contribution in [3.8, 4) is 0 Å². The van der Waals surface area contributed by atoms with E-state index in [4.69, 9.17) is 0 Å². The molecule has 1 aliphatic rings. The van der Waals surface area contributed by atoms with Crippen molar-refractivity contribution in [2.45, 2.75) is 18.9 Å². The first-order chi connectivity index (χ1) is 8.50. The monoisotopic (exact) mass is 248 g/mol. The summed E-state index contributed by atoms with van der Waals surface area (Å²) in [6.45, 7) is 4.14. The van der Waals surface area contributed by atoms with Crippen LogP contribution in [0.2, 0.25) is 0 Å². The number of pyridine rings is 1. The molecule has 0 bridgehead atoms. The van der Waals surface area contributed by atoms with Crippen molar-refractivity contribution in [1.82, 2.24) is 15.2 Å². The van der Waals surface area contributed by atoms with Crippen LogP contribution in [0.3, 0.4) is 0 Å². The van der Waals surface area contributed by atoms with Gasteiger partial charge in [0.25, 0.3) is 5.91 Å². The number of carbonyl (C=O) groups excluding carboxylic acids is 1.